The van der Waals surface area contributed by atoms with Gasteiger partial charge in [0.05, 0.1) is 12.1 Å². The molecule has 0 spiro atoms. The number of alkyl halides is 3. The van der Waals surface area contributed by atoms with Gasteiger partial charge in [0.15, 0.2) is 6.29 Å². The summed E-state index contributed by atoms with van der Waals surface area (Å²) in [6.07, 6.45) is -1.06. The molecule has 1 heterocycles. The van der Waals surface area contributed by atoms with E-state index in [9.17, 15) is 9.90 Å². The quantitative estimate of drug-likeness (QED) is 0.770. The van der Waals surface area contributed by atoms with Gasteiger partial charge in [0.1, 0.15) is 6.61 Å². The first-order valence-corrected chi connectivity index (χ1v) is 7.62. The minimum atomic E-state index is -1.66. The lowest BCUT2D eigenvalue weighted by Gasteiger charge is -2.42. The molecule has 5 atom stereocenters. The van der Waals surface area contributed by atoms with Crippen molar-refractivity contribution >= 4 is 40.9 Å². The minimum absolute atomic E-state index is 0.0315. The number of hydrogen-bond donors (Lipinski definition) is 2. The largest absolute Gasteiger partial charge is 0.445 e. The Morgan fingerprint density at radius 1 is 1.35 bits per heavy atom. The maximum atomic E-state index is 11.6. The van der Waals surface area contributed by atoms with Gasteiger partial charge in [-0.3, -0.25) is 0 Å². The van der Waals surface area contributed by atoms with Gasteiger partial charge in [0.2, 0.25) is 3.79 Å². The molecule has 1 aliphatic rings. The van der Waals surface area contributed by atoms with Crippen LogP contribution < -0.4 is 5.32 Å². The fourth-order valence-electron chi connectivity index (χ4n) is 2.31. The van der Waals surface area contributed by atoms with Gasteiger partial charge in [-0.2, -0.15) is 0 Å². The van der Waals surface area contributed by atoms with Gasteiger partial charge in [-0.25, -0.2) is 4.79 Å². The van der Waals surface area contributed by atoms with Crippen molar-refractivity contribution in [2.45, 2.75) is 49.4 Å². The monoisotopic (exact) mass is 347 g/mol. The average Bonchev–Trinajstić information content (AvgIpc) is 2.35. The van der Waals surface area contributed by atoms with Gasteiger partial charge in [-0.05, 0) is 18.3 Å². The number of amides is 1. The first kappa shape index (κ1) is 18.1. The highest BCUT2D eigenvalue weighted by atomic mass is 35.6. The second-order valence-corrected chi connectivity index (χ2v) is 7.57. The van der Waals surface area contributed by atoms with Crippen LogP contribution in [0.15, 0.2) is 0 Å². The van der Waals surface area contributed by atoms with E-state index in [1.807, 2.05) is 20.8 Å². The van der Waals surface area contributed by atoms with E-state index in [4.69, 9.17) is 44.3 Å². The number of aliphatic hydroxyl groups is 1. The molecule has 1 saturated heterocycles. The fraction of sp³-hybridized carbons (Fsp3) is 0.917. The lowest BCUT2D eigenvalue weighted by atomic mass is 9.81. The van der Waals surface area contributed by atoms with E-state index < -0.39 is 22.2 Å². The third-order valence-corrected chi connectivity index (χ3v) is 3.98. The first-order chi connectivity index (χ1) is 9.15. The van der Waals surface area contributed by atoms with Crippen molar-refractivity contribution in [3.05, 3.63) is 0 Å². The SMILES string of the molecule is CCC1OC(O)C(NC(=O)OCC(Cl)(Cl)Cl)[C@@H](C)[C@@H]1C. The molecule has 0 aliphatic carbocycles. The summed E-state index contributed by atoms with van der Waals surface area (Å²) >= 11 is 16.5. The molecule has 0 aromatic carbocycles. The van der Waals surface area contributed by atoms with E-state index in [0.29, 0.717) is 0 Å². The predicted molar refractivity (Wildman–Crippen MR) is 78.1 cm³/mol. The van der Waals surface area contributed by atoms with E-state index in [-0.39, 0.29) is 24.5 Å². The van der Waals surface area contributed by atoms with E-state index in [0.717, 1.165) is 6.42 Å². The van der Waals surface area contributed by atoms with Crippen LogP contribution in [-0.2, 0) is 9.47 Å². The number of carbonyl (C=O) groups is 1. The Kier molecular flexibility index (Phi) is 6.67. The molecule has 1 rings (SSSR count). The van der Waals surface area contributed by atoms with Crippen LogP contribution in [0.2, 0.25) is 0 Å². The lowest BCUT2D eigenvalue weighted by Crippen LogP contribution is -2.57. The molecule has 1 aliphatic heterocycles. The molecule has 0 radical (unpaired) electrons. The van der Waals surface area contributed by atoms with Crippen LogP contribution in [0.25, 0.3) is 0 Å². The van der Waals surface area contributed by atoms with Crippen molar-refractivity contribution in [3.8, 4) is 0 Å². The van der Waals surface area contributed by atoms with Crippen molar-refractivity contribution in [2.24, 2.45) is 11.8 Å². The van der Waals surface area contributed by atoms with Gasteiger partial charge in [-0.15, -0.1) is 0 Å². The van der Waals surface area contributed by atoms with Crippen LogP contribution in [0.1, 0.15) is 27.2 Å². The highest BCUT2D eigenvalue weighted by Crippen LogP contribution is 2.31. The van der Waals surface area contributed by atoms with Crippen LogP contribution in [0.4, 0.5) is 4.79 Å². The smallest absolute Gasteiger partial charge is 0.407 e. The lowest BCUT2D eigenvalue weighted by molar-refractivity contribution is -0.211. The summed E-state index contributed by atoms with van der Waals surface area (Å²) in [7, 11) is 0. The van der Waals surface area contributed by atoms with Crippen LogP contribution >= 0.6 is 34.8 Å². The summed E-state index contributed by atoms with van der Waals surface area (Å²) in [6.45, 7) is 5.59. The number of aliphatic hydroxyl groups excluding tert-OH is 1. The number of halogens is 3. The Morgan fingerprint density at radius 2 is 1.95 bits per heavy atom. The fourth-order valence-corrected chi connectivity index (χ4v) is 2.47. The predicted octanol–water partition coefficient (Wildman–Crippen LogP) is 2.85. The molecule has 3 unspecified atom stereocenters. The second kappa shape index (κ2) is 7.36. The van der Waals surface area contributed by atoms with Crippen LogP contribution in [-0.4, -0.2) is 40.0 Å². The molecule has 0 bridgehead atoms. The Morgan fingerprint density at radius 3 is 2.45 bits per heavy atom. The first-order valence-electron chi connectivity index (χ1n) is 6.49. The molecule has 118 valence electrons. The topological polar surface area (TPSA) is 67.8 Å². The molecule has 0 aromatic heterocycles. The molecule has 1 amide bonds. The molecule has 0 aromatic rings. The molecule has 1 fully saturated rings. The third kappa shape index (κ3) is 5.11. The average molecular weight is 349 g/mol. The number of nitrogens with one attached hydrogen (secondary N) is 1. The summed E-state index contributed by atoms with van der Waals surface area (Å²) < 4.78 is 8.60. The van der Waals surface area contributed by atoms with Gasteiger partial charge >= 0.3 is 6.09 Å². The van der Waals surface area contributed by atoms with Gasteiger partial charge in [-0.1, -0.05) is 55.6 Å². The zero-order chi connectivity index (χ0) is 15.5. The molecule has 8 heteroatoms. The summed E-state index contributed by atoms with van der Waals surface area (Å²) in [5.74, 6) is 0.228. The highest BCUT2D eigenvalue weighted by molar-refractivity contribution is 6.67. The molecule has 20 heavy (non-hydrogen) atoms. The van der Waals surface area contributed by atoms with Crippen molar-refractivity contribution < 1.29 is 19.4 Å². The van der Waals surface area contributed by atoms with Crippen molar-refractivity contribution in [3.63, 3.8) is 0 Å². The van der Waals surface area contributed by atoms with Crippen molar-refractivity contribution in [1.82, 2.24) is 5.32 Å². The Bertz CT molecular complexity index is 337. The van der Waals surface area contributed by atoms with E-state index in [2.05, 4.69) is 5.32 Å². The van der Waals surface area contributed by atoms with Gasteiger partial charge < -0.3 is 19.9 Å². The van der Waals surface area contributed by atoms with Gasteiger partial charge in [0, 0.05) is 0 Å². The summed E-state index contributed by atoms with van der Waals surface area (Å²) in [5, 5.41) is 12.5. The molecular weight excluding hydrogens is 328 g/mol. The number of hydrogen-bond acceptors (Lipinski definition) is 4. The number of carbonyl (C=O) groups excluding carboxylic acids is 1. The highest BCUT2D eigenvalue weighted by Gasteiger charge is 2.41. The van der Waals surface area contributed by atoms with Crippen molar-refractivity contribution in [2.75, 3.05) is 6.61 Å². The zero-order valence-corrected chi connectivity index (χ0v) is 13.9. The van der Waals surface area contributed by atoms with E-state index in [1.165, 1.54) is 0 Å². The van der Waals surface area contributed by atoms with Gasteiger partial charge in [0.25, 0.3) is 0 Å². The standard InChI is InChI=1S/C12H20Cl3NO4/c1-4-8-6(2)7(3)9(10(17)20-8)16-11(18)19-5-12(13,14)15/h6-10,17H,4-5H2,1-3H3,(H,16,18)/t6-,7-,8?,9?,10?/m0/s1. The molecular formula is C12H20Cl3NO4. The minimum Gasteiger partial charge on any atom is -0.445 e. The van der Waals surface area contributed by atoms with E-state index >= 15 is 0 Å². The summed E-state index contributed by atoms with van der Waals surface area (Å²) in [4.78, 5) is 11.6. The van der Waals surface area contributed by atoms with E-state index in [1.54, 1.807) is 0 Å². The number of ether oxygens (including phenoxy) is 2. The molecule has 5 nitrogen and oxygen atoms in total. The maximum absolute atomic E-state index is 11.6. The summed E-state index contributed by atoms with van der Waals surface area (Å²) in [6, 6.07) is -0.560. The number of alkyl carbamates (subject to hydrolysis) is 1. The van der Waals surface area contributed by atoms with Crippen molar-refractivity contribution in [1.29, 1.82) is 0 Å². The second-order valence-electron chi connectivity index (χ2n) is 5.05. The Balaban J connectivity index is 2.56. The maximum Gasteiger partial charge on any atom is 0.407 e. The molecule has 0 saturated carbocycles. The summed E-state index contributed by atoms with van der Waals surface area (Å²) in [5.41, 5.74) is 0. The Labute approximate surface area is 133 Å². The van der Waals surface area contributed by atoms with Crippen LogP contribution in [0.5, 0.6) is 0 Å². The Hall–Kier alpha value is 0.0600. The van der Waals surface area contributed by atoms with Crippen LogP contribution in [0, 0.1) is 11.8 Å². The zero-order valence-electron chi connectivity index (χ0n) is 11.6. The molecule has 2 N–H and O–H groups in total. The number of rotatable bonds is 3. The third-order valence-electron chi connectivity index (χ3n) is 3.66. The normalized spacial score (nSPS) is 34.6. The van der Waals surface area contributed by atoms with Crippen LogP contribution in [0.3, 0.4) is 0 Å².